The molecular weight excluding hydrogens is 531 g/mol. The van der Waals surface area contributed by atoms with Crippen LogP contribution in [0.3, 0.4) is 0 Å². The van der Waals surface area contributed by atoms with Crippen molar-refractivity contribution in [2.24, 2.45) is 0 Å². The zero-order valence-electron chi connectivity index (χ0n) is 18.7. The van der Waals surface area contributed by atoms with E-state index in [9.17, 15) is 9.59 Å². The summed E-state index contributed by atoms with van der Waals surface area (Å²) in [5, 5.41) is 3.26. The van der Waals surface area contributed by atoms with Gasteiger partial charge in [-0.3, -0.25) is 14.5 Å². The molecule has 0 saturated carbocycles. The zero-order chi connectivity index (χ0) is 24.9. The normalized spacial score (nSPS) is 18.9. The van der Waals surface area contributed by atoms with Crippen LogP contribution in [0.2, 0.25) is 10.0 Å². The van der Waals surface area contributed by atoms with Crippen LogP contribution in [-0.4, -0.2) is 54.0 Å². The van der Waals surface area contributed by atoms with Gasteiger partial charge in [-0.05, 0) is 48.7 Å². The Balaban J connectivity index is 1.40. The van der Waals surface area contributed by atoms with Gasteiger partial charge in [0.05, 0.1) is 40.4 Å². The number of methoxy groups -OCH3 is 1. The van der Waals surface area contributed by atoms with Crippen molar-refractivity contribution < 1.29 is 23.8 Å². The highest BCUT2D eigenvalue weighted by Crippen LogP contribution is 2.35. The van der Waals surface area contributed by atoms with Gasteiger partial charge in [-0.25, -0.2) is 0 Å². The molecule has 35 heavy (non-hydrogen) atoms. The van der Waals surface area contributed by atoms with Crippen molar-refractivity contribution in [3.8, 4) is 11.5 Å². The number of anilines is 1. The molecule has 0 bridgehead atoms. The van der Waals surface area contributed by atoms with Crippen LogP contribution in [0.1, 0.15) is 18.4 Å². The number of carbonyl (C=O) groups excluding carboxylic acids is 2. The molecule has 2 aromatic carbocycles. The number of hydrogen-bond donors (Lipinski definition) is 1. The van der Waals surface area contributed by atoms with Gasteiger partial charge < -0.3 is 19.5 Å². The summed E-state index contributed by atoms with van der Waals surface area (Å²) in [5.41, 5.74) is 1.13. The van der Waals surface area contributed by atoms with Crippen LogP contribution in [0.15, 0.2) is 41.3 Å². The molecule has 0 radical (unpaired) electrons. The van der Waals surface area contributed by atoms with E-state index in [1.165, 1.54) is 18.9 Å². The molecule has 2 aliphatic heterocycles. The Labute approximate surface area is 222 Å². The Morgan fingerprint density at radius 1 is 1.31 bits per heavy atom. The van der Waals surface area contributed by atoms with Gasteiger partial charge in [0.2, 0.25) is 0 Å². The lowest BCUT2D eigenvalue weighted by atomic mass is 10.1. The van der Waals surface area contributed by atoms with Gasteiger partial charge in [-0.2, -0.15) is 0 Å². The van der Waals surface area contributed by atoms with Gasteiger partial charge in [-0.15, -0.1) is 0 Å². The molecule has 0 spiro atoms. The number of nitrogens with one attached hydrogen (secondary N) is 1. The lowest BCUT2D eigenvalue weighted by Gasteiger charge is -2.18. The summed E-state index contributed by atoms with van der Waals surface area (Å²) in [6.07, 6.45) is 3.72. The second-order valence-electron chi connectivity index (χ2n) is 7.78. The average Bonchev–Trinajstić information content (AvgIpc) is 3.45. The molecule has 2 amide bonds. The number of thioether (sulfide) groups is 1. The maximum Gasteiger partial charge on any atom is 0.266 e. The third kappa shape index (κ3) is 6.29. The number of nitrogens with zero attached hydrogens (tertiary/aromatic N) is 1. The highest BCUT2D eigenvalue weighted by molar-refractivity contribution is 8.26. The fourth-order valence-corrected chi connectivity index (χ4v) is 5.25. The van der Waals surface area contributed by atoms with Crippen molar-refractivity contribution in [2.75, 3.05) is 32.2 Å². The highest BCUT2D eigenvalue weighted by Gasteiger charge is 2.34. The Bertz CT molecular complexity index is 1180. The van der Waals surface area contributed by atoms with E-state index in [1.807, 2.05) is 0 Å². The van der Waals surface area contributed by atoms with Crippen LogP contribution in [0, 0.1) is 0 Å². The van der Waals surface area contributed by atoms with Gasteiger partial charge in [0, 0.05) is 6.61 Å². The largest absolute Gasteiger partial charge is 0.493 e. The van der Waals surface area contributed by atoms with E-state index in [1.54, 1.807) is 47.4 Å². The molecule has 2 saturated heterocycles. The summed E-state index contributed by atoms with van der Waals surface area (Å²) in [6, 6.07) is 10.1. The van der Waals surface area contributed by atoms with Crippen LogP contribution in [0.25, 0.3) is 6.08 Å². The maximum absolute atomic E-state index is 12.9. The number of benzene rings is 2. The predicted octanol–water partition coefficient (Wildman–Crippen LogP) is 5.40. The van der Waals surface area contributed by atoms with E-state index in [0.717, 1.165) is 25.0 Å². The molecule has 4 rings (SSSR count). The van der Waals surface area contributed by atoms with E-state index in [0.29, 0.717) is 38.0 Å². The molecule has 7 nitrogen and oxygen atoms in total. The molecule has 0 unspecified atom stereocenters. The van der Waals surface area contributed by atoms with Crippen LogP contribution in [0.5, 0.6) is 11.5 Å². The Hall–Kier alpha value is -2.30. The first-order chi connectivity index (χ1) is 16.9. The van der Waals surface area contributed by atoms with Gasteiger partial charge in [0.25, 0.3) is 11.8 Å². The third-order valence-electron chi connectivity index (χ3n) is 5.35. The molecule has 2 fully saturated rings. The second-order valence-corrected chi connectivity index (χ2v) is 10.2. The first-order valence-electron chi connectivity index (χ1n) is 10.8. The number of amides is 2. The van der Waals surface area contributed by atoms with Gasteiger partial charge >= 0.3 is 0 Å². The fraction of sp³-hybridized carbons (Fsp3) is 0.292. The van der Waals surface area contributed by atoms with Gasteiger partial charge in [0.1, 0.15) is 4.32 Å². The topological polar surface area (TPSA) is 77.1 Å². The molecular formula is C24H22Cl2N2O5S2. The SMILES string of the molecule is COc1cc(/C=C2\SC(=S)N(C[C@@H]3CCCO3)C2=O)ccc1OCC(=O)Nc1cccc(Cl)c1Cl. The molecule has 2 heterocycles. The summed E-state index contributed by atoms with van der Waals surface area (Å²) >= 11 is 18.8. The van der Waals surface area contributed by atoms with E-state index in [-0.39, 0.29) is 23.6 Å². The van der Waals surface area contributed by atoms with Crippen molar-refractivity contribution in [3.05, 3.63) is 56.9 Å². The highest BCUT2D eigenvalue weighted by atomic mass is 35.5. The minimum absolute atomic E-state index is 0.0282. The number of ether oxygens (including phenoxy) is 3. The van der Waals surface area contributed by atoms with Gasteiger partial charge in [0.15, 0.2) is 18.1 Å². The van der Waals surface area contributed by atoms with Crippen molar-refractivity contribution in [3.63, 3.8) is 0 Å². The third-order valence-corrected chi connectivity index (χ3v) is 7.55. The van der Waals surface area contributed by atoms with Crippen molar-refractivity contribution in [1.82, 2.24) is 4.90 Å². The number of hydrogen-bond acceptors (Lipinski definition) is 7. The molecule has 1 atom stereocenters. The average molecular weight is 553 g/mol. The van der Waals surface area contributed by atoms with Crippen LogP contribution in [0.4, 0.5) is 5.69 Å². The number of halogens is 2. The zero-order valence-corrected chi connectivity index (χ0v) is 21.9. The summed E-state index contributed by atoms with van der Waals surface area (Å²) in [7, 11) is 1.50. The number of carbonyl (C=O) groups is 2. The van der Waals surface area contributed by atoms with E-state index in [4.69, 9.17) is 49.6 Å². The lowest BCUT2D eigenvalue weighted by Crippen LogP contribution is -2.35. The first kappa shape index (κ1) is 25.8. The summed E-state index contributed by atoms with van der Waals surface area (Å²) < 4.78 is 17.2. The maximum atomic E-state index is 12.9. The number of rotatable bonds is 8. The summed E-state index contributed by atoms with van der Waals surface area (Å²) in [4.78, 5) is 27.3. The van der Waals surface area contributed by atoms with E-state index >= 15 is 0 Å². The quantitative estimate of drug-likeness (QED) is 0.347. The monoisotopic (exact) mass is 552 g/mol. The Morgan fingerprint density at radius 3 is 2.89 bits per heavy atom. The molecule has 1 N–H and O–H groups in total. The Kier molecular flexibility index (Phi) is 8.56. The standard InChI is InChI=1S/C24H22Cl2N2O5S2/c1-31-19-10-14(11-20-23(30)28(24(34)35-20)12-15-4-3-9-32-15)7-8-18(19)33-13-21(29)27-17-6-2-5-16(25)22(17)26/h2,5-8,10-11,15H,3-4,9,12-13H2,1H3,(H,27,29)/b20-11-/t15-/m0/s1. The molecule has 184 valence electrons. The van der Waals surface area contributed by atoms with Crippen molar-refractivity contribution >= 4 is 75.1 Å². The Morgan fingerprint density at radius 2 is 2.14 bits per heavy atom. The van der Waals surface area contributed by atoms with Crippen LogP contribution >= 0.6 is 47.2 Å². The molecule has 11 heteroatoms. The fourth-order valence-electron chi connectivity index (χ4n) is 3.62. The molecule has 2 aromatic rings. The van der Waals surface area contributed by atoms with E-state index < -0.39 is 5.91 Å². The van der Waals surface area contributed by atoms with Gasteiger partial charge in [-0.1, -0.05) is 59.3 Å². The first-order valence-corrected chi connectivity index (χ1v) is 12.8. The minimum Gasteiger partial charge on any atom is -0.493 e. The molecule has 2 aliphatic rings. The molecule has 0 aliphatic carbocycles. The van der Waals surface area contributed by atoms with Crippen molar-refractivity contribution in [1.29, 1.82) is 0 Å². The second kappa shape index (κ2) is 11.6. The number of thiocarbonyl (C=S) groups is 1. The summed E-state index contributed by atoms with van der Waals surface area (Å²) in [6.45, 7) is 0.931. The van der Waals surface area contributed by atoms with Crippen LogP contribution < -0.4 is 14.8 Å². The summed E-state index contributed by atoms with van der Waals surface area (Å²) in [5.74, 6) is 0.256. The molecule has 0 aromatic heterocycles. The van der Waals surface area contributed by atoms with Crippen LogP contribution in [-0.2, 0) is 14.3 Å². The predicted molar refractivity (Wildman–Crippen MR) is 142 cm³/mol. The smallest absolute Gasteiger partial charge is 0.266 e. The van der Waals surface area contributed by atoms with Crippen molar-refractivity contribution in [2.45, 2.75) is 18.9 Å². The lowest BCUT2D eigenvalue weighted by molar-refractivity contribution is -0.123. The van der Waals surface area contributed by atoms with E-state index in [2.05, 4.69) is 5.32 Å². The minimum atomic E-state index is -0.407.